The fraction of sp³-hybridized carbons (Fsp3) is 0.250. The maximum atomic E-state index is 13.3. The number of aromatic nitrogens is 2. The molecule has 146 valence electrons. The van der Waals surface area contributed by atoms with Gasteiger partial charge in [0.05, 0.1) is 30.8 Å². The molecule has 0 amide bonds. The first-order chi connectivity index (χ1) is 13.4. The molecule has 3 rings (SSSR count). The van der Waals surface area contributed by atoms with Gasteiger partial charge in [-0.1, -0.05) is 35.5 Å². The zero-order chi connectivity index (χ0) is 20.4. The fourth-order valence-corrected chi connectivity index (χ4v) is 3.86. The molecule has 0 aliphatic rings. The van der Waals surface area contributed by atoms with Gasteiger partial charge in [0.25, 0.3) is 5.56 Å². The van der Waals surface area contributed by atoms with Crippen LogP contribution in [0.25, 0.3) is 16.6 Å². The maximum Gasteiger partial charge on any atom is 0.318 e. The minimum absolute atomic E-state index is 0.259. The minimum Gasteiger partial charge on any atom is -0.495 e. The molecule has 0 aliphatic heterocycles. The van der Waals surface area contributed by atoms with Gasteiger partial charge in [0.2, 0.25) is 0 Å². The van der Waals surface area contributed by atoms with Gasteiger partial charge >= 0.3 is 5.97 Å². The molecule has 0 saturated carbocycles. The van der Waals surface area contributed by atoms with E-state index in [1.165, 1.54) is 18.8 Å². The van der Waals surface area contributed by atoms with Crippen molar-refractivity contribution < 1.29 is 14.3 Å². The molecule has 6 nitrogen and oxygen atoms in total. The lowest BCUT2D eigenvalue weighted by Crippen LogP contribution is -2.24. The van der Waals surface area contributed by atoms with Crippen LogP contribution < -0.4 is 10.3 Å². The number of nitrogens with zero attached hydrogens (tertiary/aromatic N) is 2. The first-order valence-electron chi connectivity index (χ1n) is 8.48. The quantitative estimate of drug-likeness (QED) is 0.354. The molecule has 0 bridgehead atoms. The number of benzene rings is 2. The molecule has 1 aromatic heterocycles. The lowest BCUT2D eigenvalue weighted by Gasteiger charge is -2.18. The van der Waals surface area contributed by atoms with Gasteiger partial charge in [0.15, 0.2) is 5.16 Å². The number of ether oxygens (including phenoxy) is 2. The van der Waals surface area contributed by atoms with Crippen molar-refractivity contribution >= 4 is 40.2 Å². The van der Waals surface area contributed by atoms with Crippen LogP contribution in [0, 0.1) is 6.92 Å². The molecule has 0 N–H and O–H groups in total. The molecule has 0 saturated heterocycles. The van der Waals surface area contributed by atoms with Crippen molar-refractivity contribution in [1.29, 1.82) is 0 Å². The van der Waals surface area contributed by atoms with Crippen molar-refractivity contribution in [3.8, 4) is 11.4 Å². The second kappa shape index (κ2) is 8.24. The van der Waals surface area contributed by atoms with Crippen molar-refractivity contribution in [2.75, 3.05) is 14.2 Å². The van der Waals surface area contributed by atoms with E-state index in [4.69, 9.17) is 21.1 Å². The molecular weight excluding hydrogens is 400 g/mol. The second-order valence-corrected chi connectivity index (χ2v) is 7.82. The van der Waals surface area contributed by atoms with Gasteiger partial charge in [-0.3, -0.25) is 14.2 Å². The summed E-state index contributed by atoms with van der Waals surface area (Å²) in [5.41, 5.74) is 1.58. The normalized spacial score (nSPS) is 12.0. The molecule has 0 aliphatic carbocycles. The number of methoxy groups -OCH3 is 2. The molecule has 28 heavy (non-hydrogen) atoms. The van der Waals surface area contributed by atoms with Gasteiger partial charge in [-0.15, -0.1) is 0 Å². The summed E-state index contributed by atoms with van der Waals surface area (Å²) in [6, 6.07) is 10.5. The summed E-state index contributed by atoms with van der Waals surface area (Å²) in [6.45, 7) is 3.54. The van der Waals surface area contributed by atoms with Crippen molar-refractivity contribution in [3.05, 3.63) is 57.3 Å². The van der Waals surface area contributed by atoms with Crippen LogP contribution in [0.2, 0.25) is 5.02 Å². The third-order valence-corrected chi connectivity index (χ3v) is 5.70. The predicted molar refractivity (Wildman–Crippen MR) is 111 cm³/mol. The number of hydrogen-bond acceptors (Lipinski definition) is 6. The predicted octanol–water partition coefficient (Wildman–Crippen LogP) is 4.01. The number of hydrogen-bond donors (Lipinski definition) is 0. The number of halogens is 1. The van der Waals surface area contributed by atoms with Crippen LogP contribution >= 0.6 is 23.4 Å². The molecule has 0 radical (unpaired) electrons. The summed E-state index contributed by atoms with van der Waals surface area (Å²) >= 11 is 7.37. The van der Waals surface area contributed by atoms with Gasteiger partial charge in [-0.2, -0.15) is 0 Å². The van der Waals surface area contributed by atoms with Crippen LogP contribution in [0.5, 0.6) is 5.75 Å². The smallest absolute Gasteiger partial charge is 0.318 e. The van der Waals surface area contributed by atoms with E-state index in [9.17, 15) is 9.59 Å². The SMILES string of the molecule is COC(=O)[C@@H](C)Sc1nc2ccccc2c(=O)n1-c1cc(C)c(Cl)cc1OC. The summed E-state index contributed by atoms with van der Waals surface area (Å²) in [5, 5.41) is 0.803. The Balaban J connectivity index is 2.33. The third kappa shape index (κ3) is 3.72. The maximum absolute atomic E-state index is 13.3. The van der Waals surface area contributed by atoms with E-state index in [0.29, 0.717) is 32.5 Å². The fourth-order valence-electron chi connectivity index (χ4n) is 2.76. The highest BCUT2D eigenvalue weighted by atomic mass is 35.5. The average molecular weight is 419 g/mol. The molecule has 2 aromatic carbocycles. The van der Waals surface area contributed by atoms with Gasteiger partial charge in [-0.05, 0) is 37.6 Å². The summed E-state index contributed by atoms with van der Waals surface area (Å²) in [5.74, 6) is 0.0283. The first-order valence-corrected chi connectivity index (χ1v) is 9.74. The zero-order valence-corrected chi connectivity index (χ0v) is 17.4. The number of aryl methyl sites for hydroxylation is 1. The van der Waals surface area contributed by atoms with E-state index >= 15 is 0 Å². The van der Waals surface area contributed by atoms with Crippen LogP contribution in [-0.4, -0.2) is 35.0 Å². The Labute approximate surface area is 171 Å². The van der Waals surface area contributed by atoms with Gasteiger partial charge in [0, 0.05) is 11.1 Å². The average Bonchev–Trinajstić information content (AvgIpc) is 2.69. The number of fused-ring (bicyclic) bond motifs is 1. The monoisotopic (exact) mass is 418 g/mol. The molecule has 3 aromatic rings. The van der Waals surface area contributed by atoms with E-state index in [0.717, 1.165) is 17.3 Å². The summed E-state index contributed by atoms with van der Waals surface area (Å²) in [7, 11) is 2.83. The topological polar surface area (TPSA) is 70.4 Å². The van der Waals surface area contributed by atoms with E-state index < -0.39 is 11.2 Å². The number of rotatable bonds is 5. The van der Waals surface area contributed by atoms with Crippen LogP contribution in [0.4, 0.5) is 0 Å². The zero-order valence-electron chi connectivity index (χ0n) is 15.9. The Hall–Kier alpha value is -2.51. The molecule has 0 unspecified atom stereocenters. The Morgan fingerprint density at radius 3 is 2.64 bits per heavy atom. The van der Waals surface area contributed by atoms with Crippen LogP contribution in [0.15, 0.2) is 46.3 Å². The molecule has 1 atom stereocenters. The van der Waals surface area contributed by atoms with E-state index in [1.54, 1.807) is 37.3 Å². The largest absolute Gasteiger partial charge is 0.495 e. The molecule has 1 heterocycles. The van der Waals surface area contributed by atoms with Gasteiger partial charge < -0.3 is 9.47 Å². The van der Waals surface area contributed by atoms with Crippen molar-refractivity contribution in [1.82, 2.24) is 9.55 Å². The first kappa shape index (κ1) is 20.2. The Bertz CT molecular complexity index is 1110. The lowest BCUT2D eigenvalue weighted by molar-refractivity contribution is -0.139. The highest BCUT2D eigenvalue weighted by molar-refractivity contribution is 8.00. The lowest BCUT2D eigenvalue weighted by atomic mass is 10.2. The van der Waals surface area contributed by atoms with Crippen molar-refractivity contribution in [2.24, 2.45) is 0 Å². The standard InChI is InChI=1S/C20H19ClN2O4S/c1-11-9-16(17(26-3)10-14(11)21)23-18(24)13-7-5-6-8-15(13)22-20(23)28-12(2)19(25)27-4/h5-10,12H,1-4H3/t12-/m1/s1. The van der Waals surface area contributed by atoms with E-state index in [2.05, 4.69) is 4.98 Å². The Kier molecular flexibility index (Phi) is 5.96. The van der Waals surface area contributed by atoms with E-state index in [1.807, 2.05) is 13.0 Å². The molecule has 0 spiro atoms. The van der Waals surface area contributed by atoms with E-state index in [-0.39, 0.29) is 5.56 Å². The highest BCUT2D eigenvalue weighted by Crippen LogP contribution is 2.33. The molecule has 0 fully saturated rings. The summed E-state index contributed by atoms with van der Waals surface area (Å²) in [6.07, 6.45) is 0. The summed E-state index contributed by atoms with van der Waals surface area (Å²) in [4.78, 5) is 29.9. The van der Waals surface area contributed by atoms with Gasteiger partial charge in [-0.25, -0.2) is 4.98 Å². The number of carbonyl (C=O) groups excluding carboxylic acids is 1. The number of thioether (sulfide) groups is 1. The second-order valence-electron chi connectivity index (χ2n) is 6.11. The van der Waals surface area contributed by atoms with Crippen molar-refractivity contribution in [2.45, 2.75) is 24.3 Å². The Morgan fingerprint density at radius 1 is 1.25 bits per heavy atom. The van der Waals surface area contributed by atoms with Crippen LogP contribution in [0.1, 0.15) is 12.5 Å². The molecule has 8 heteroatoms. The third-order valence-electron chi connectivity index (χ3n) is 4.26. The summed E-state index contributed by atoms with van der Waals surface area (Å²) < 4.78 is 11.7. The highest BCUT2D eigenvalue weighted by Gasteiger charge is 2.22. The Morgan fingerprint density at radius 2 is 1.96 bits per heavy atom. The van der Waals surface area contributed by atoms with Crippen LogP contribution in [-0.2, 0) is 9.53 Å². The number of esters is 1. The minimum atomic E-state index is -0.552. The van der Waals surface area contributed by atoms with Crippen molar-refractivity contribution in [3.63, 3.8) is 0 Å². The van der Waals surface area contributed by atoms with Crippen LogP contribution in [0.3, 0.4) is 0 Å². The van der Waals surface area contributed by atoms with Gasteiger partial charge in [0.1, 0.15) is 11.0 Å². The number of para-hydroxylation sites is 1. The number of carbonyl (C=O) groups is 1. The molecular formula is C20H19ClN2O4S.